The summed E-state index contributed by atoms with van der Waals surface area (Å²) < 4.78 is 91.5. The van der Waals surface area contributed by atoms with E-state index in [0.717, 1.165) is 0 Å². The van der Waals surface area contributed by atoms with Gasteiger partial charge in [-0.1, -0.05) is 0 Å². The Bertz CT molecular complexity index is 470. The molecule has 0 atom stereocenters. The van der Waals surface area contributed by atoms with Crippen molar-refractivity contribution < 1.29 is 35.5 Å². The van der Waals surface area contributed by atoms with Crippen molar-refractivity contribution in [2.45, 2.75) is 23.4 Å². The fourth-order valence-corrected chi connectivity index (χ4v) is 1.51. The monoisotopic (exact) mass is 397 g/mol. The minimum Gasteiger partial charge on any atom is -0.493 e. The maximum atomic E-state index is 12.9. The Morgan fingerprint density at radius 3 is 1.95 bits per heavy atom. The zero-order valence-electron chi connectivity index (χ0n) is 10.9. The molecule has 0 aliphatic carbocycles. The number of hydrogen-bond donors (Lipinski definition) is 1. The normalized spacial score (nSPS) is 13.1. The molecule has 0 saturated carbocycles. The lowest BCUT2D eigenvalue weighted by atomic mass is 10.2. The number of hydrogen-bond acceptors (Lipinski definition) is 2. The number of nitrogens with one attached hydrogen (secondary N) is 1. The molecule has 0 aromatic heterocycles. The lowest BCUT2D eigenvalue weighted by molar-refractivity contribution is -0.154. The van der Waals surface area contributed by atoms with Crippen LogP contribution < -0.4 is 10.1 Å². The van der Waals surface area contributed by atoms with Gasteiger partial charge in [-0.3, -0.25) is 0 Å². The smallest absolute Gasteiger partial charge is 0.405 e. The number of anilines is 1. The van der Waals surface area contributed by atoms with Crippen molar-refractivity contribution in [3.8, 4) is 5.75 Å². The summed E-state index contributed by atoms with van der Waals surface area (Å²) in [5, 5.41) is 2.11. The maximum absolute atomic E-state index is 12.9. The van der Waals surface area contributed by atoms with Crippen LogP contribution >= 0.6 is 15.9 Å². The van der Waals surface area contributed by atoms with Gasteiger partial charge in [0, 0.05) is 5.69 Å². The van der Waals surface area contributed by atoms with E-state index in [1.54, 1.807) is 15.9 Å². The maximum Gasteiger partial charge on any atom is 0.405 e. The molecule has 1 N–H and O–H groups in total. The minimum atomic E-state index is -4.37. The van der Waals surface area contributed by atoms with Gasteiger partial charge in [0.05, 0.1) is 13.0 Å². The molecule has 126 valence electrons. The van der Waals surface area contributed by atoms with Crippen LogP contribution in [0, 0.1) is 0 Å². The molecule has 1 aromatic carbocycles. The standard InChI is InChI=1S/C12H11BrF7NO/c13-12(19,20)10(14,15)5-6-22-9-3-1-8(2-4-9)21-7-11(16,17)18/h1-4,21H,5-7H2. The topological polar surface area (TPSA) is 21.3 Å². The van der Waals surface area contributed by atoms with Gasteiger partial charge in [-0.15, -0.1) is 0 Å². The Hall–Kier alpha value is -1.19. The van der Waals surface area contributed by atoms with E-state index in [2.05, 4.69) is 5.32 Å². The van der Waals surface area contributed by atoms with Gasteiger partial charge < -0.3 is 10.1 Å². The largest absolute Gasteiger partial charge is 0.493 e. The number of ether oxygens (including phenoxy) is 1. The summed E-state index contributed by atoms with van der Waals surface area (Å²) in [4.78, 5) is -4.34. The van der Waals surface area contributed by atoms with Gasteiger partial charge in [0.25, 0.3) is 0 Å². The van der Waals surface area contributed by atoms with Gasteiger partial charge in [-0.2, -0.15) is 30.7 Å². The van der Waals surface area contributed by atoms with E-state index in [9.17, 15) is 30.7 Å². The first-order valence-electron chi connectivity index (χ1n) is 5.89. The third kappa shape index (κ3) is 6.29. The highest BCUT2D eigenvalue weighted by Crippen LogP contribution is 2.41. The summed E-state index contributed by atoms with van der Waals surface area (Å²) in [5.74, 6) is -4.20. The van der Waals surface area contributed by atoms with Crippen molar-refractivity contribution >= 4 is 21.6 Å². The minimum absolute atomic E-state index is 0.0752. The Kier molecular flexibility index (Phi) is 5.94. The van der Waals surface area contributed by atoms with Crippen LogP contribution in [-0.2, 0) is 0 Å². The molecule has 0 unspecified atom stereocenters. The molecule has 0 bridgehead atoms. The first-order chi connectivity index (χ1) is 9.91. The summed E-state index contributed by atoms with van der Waals surface area (Å²) >= 11 is 1.59. The molecule has 2 nitrogen and oxygen atoms in total. The lowest BCUT2D eigenvalue weighted by Gasteiger charge is -2.21. The summed E-state index contributed by atoms with van der Waals surface area (Å²) in [6.07, 6.45) is -5.60. The first-order valence-corrected chi connectivity index (χ1v) is 6.68. The highest BCUT2D eigenvalue weighted by molar-refractivity contribution is 9.10. The number of halogens is 8. The summed E-state index contributed by atoms with van der Waals surface area (Å²) in [7, 11) is 0. The summed E-state index contributed by atoms with van der Waals surface area (Å²) in [5.41, 5.74) is 0.155. The van der Waals surface area contributed by atoms with Crippen LogP contribution in [0.1, 0.15) is 6.42 Å². The van der Waals surface area contributed by atoms with E-state index >= 15 is 0 Å². The highest BCUT2D eigenvalue weighted by Gasteiger charge is 2.53. The van der Waals surface area contributed by atoms with Crippen LogP contribution in [0.2, 0.25) is 0 Å². The van der Waals surface area contributed by atoms with Crippen molar-refractivity contribution in [2.24, 2.45) is 0 Å². The highest BCUT2D eigenvalue weighted by atomic mass is 79.9. The fourth-order valence-electron chi connectivity index (χ4n) is 1.31. The first kappa shape index (κ1) is 18.9. The quantitative estimate of drug-likeness (QED) is 0.513. The number of rotatable bonds is 7. The second kappa shape index (κ2) is 6.93. The van der Waals surface area contributed by atoms with Crippen molar-refractivity contribution in [2.75, 3.05) is 18.5 Å². The van der Waals surface area contributed by atoms with Crippen molar-refractivity contribution in [3.05, 3.63) is 24.3 Å². The van der Waals surface area contributed by atoms with E-state index < -0.39 is 36.5 Å². The summed E-state index contributed by atoms with van der Waals surface area (Å²) in [6, 6.07) is 4.98. The van der Waals surface area contributed by atoms with Crippen LogP contribution in [0.3, 0.4) is 0 Å². The molecule has 0 saturated heterocycles. The van der Waals surface area contributed by atoms with Crippen LogP contribution in [0.5, 0.6) is 5.75 Å². The SMILES string of the molecule is FC(F)(F)CNc1ccc(OCCC(F)(F)C(F)(F)Br)cc1. The van der Waals surface area contributed by atoms with E-state index in [4.69, 9.17) is 4.74 Å². The van der Waals surface area contributed by atoms with Gasteiger partial charge in [0.1, 0.15) is 12.3 Å². The van der Waals surface area contributed by atoms with Crippen molar-refractivity contribution in [1.29, 1.82) is 0 Å². The molecule has 0 spiro atoms. The van der Waals surface area contributed by atoms with Crippen LogP contribution in [-0.4, -0.2) is 30.1 Å². The van der Waals surface area contributed by atoms with Gasteiger partial charge in [-0.25, -0.2) is 0 Å². The van der Waals surface area contributed by atoms with Crippen LogP contribution in [0.4, 0.5) is 36.4 Å². The summed E-state index contributed by atoms with van der Waals surface area (Å²) in [6.45, 7) is -1.90. The molecule has 1 rings (SSSR count). The second-order valence-electron chi connectivity index (χ2n) is 4.29. The zero-order valence-corrected chi connectivity index (χ0v) is 12.4. The van der Waals surface area contributed by atoms with Crippen molar-refractivity contribution in [1.82, 2.24) is 0 Å². The van der Waals surface area contributed by atoms with Gasteiger partial charge in [0.15, 0.2) is 0 Å². The Morgan fingerprint density at radius 2 is 1.50 bits per heavy atom. The third-order valence-corrected chi connectivity index (χ3v) is 3.03. The third-order valence-electron chi connectivity index (χ3n) is 2.45. The molecule has 0 amide bonds. The Balaban J connectivity index is 2.45. The second-order valence-corrected chi connectivity index (χ2v) is 5.29. The van der Waals surface area contributed by atoms with Gasteiger partial charge >= 0.3 is 16.9 Å². The predicted molar refractivity (Wildman–Crippen MR) is 69.9 cm³/mol. The lowest BCUT2D eigenvalue weighted by Crippen LogP contribution is -2.36. The molecule has 0 aliphatic heterocycles. The molecule has 10 heteroatoms. The Morgan fingerprint density at radius 1 is 0.955 bits per heavy atom. The number of alkyl halides is 8. The van der Waals surface area contributed by atoms with E-state index in [1.807, 2.05) is 0 Å². The predicted octanol–water partition coefficient (Wildman–Crippen LogP) is 5.05. The molecule has 0 radical (unpaired) electrons. The molecule has 0 heterocycles. The van der Waals surface area contributed by atoms with Crippen molar-refractivity contribution in [3.63, 3.8) is 0 Å². The molecular weight excluding hydrogens is 387 g/mol. The zero-order chi connectivity index (χ0) is 17.0. The molecule has 0 aliphatic rings. The molecule has 1 aromatic rings. The average molecular weight is 398 g/mol. The fraction of sp³-hybridized carbons (Fsp3) is 0.500. The molecular formula is C12H11BrF7NO. The molecule has 22 heavy (non-hydrogen) atoms. The van der Waals surface area contributed by atoms with Gasteiger partial charge in [-0.05, 0) is 40.2 Å². The van der Waals surface area contributed by atoms with Gasteiger partial charge in [0.2, 0.25) is 0 Å². The number of benzene rings is 1. The van der Waals surface area contributed by atoms with Crippen LogP contribution in [0.15, 0.2) is 24.3 Å². The van der Waals surface area contributed by atoms with Crippen LogP contribution in [0.25, 0.3) is 0 Å². The molecule has 0 fully saturated rings. The Labute approximate surface area is 129 Å². The average Bonchev–Trinajstić information content (AvgIpc) is 2.35. The van der Waals surface area contributed by atoms with E-state index in [1.165, 1.54) is 24.3 Å². The van der Waals surface area contributed by atoms with E-state index in [-0.39, 0.29) is 11.4 Å². The van der Waals surface area contributed by atoms with E-state index in [0.29, 0.717) is 0 Å².